The number of rotatable bonds is 1. The molecule has 12 heavy (non-hydrogen) atoms. The van der Waals surface area contributed by atoms with Gasteiger partial charge in [-0.15, -0.1) is 0 Å². The van der Waals surface area contributed by atoms with E-state index in [4.69, 9.17) is 0 Å². The molecule has 1 heterocycles. The minimum absolute atomic E-state index is 0.0825. The van der Waals surface area contributed by atoms with E-state index in [-0.39, 0.29) is 11.4 Å². The van der Waals surface area contributed by atoms with Crippen molar-refractivity contribution in [2.75, 3.05) is 5.32 Å². The highest BCUT2D eigenvalue weighted by Crippen LogP contribution is 2.11. The third-order valence-electron chi connectivity index (χ3n) is 1.23. The standard InChI is InChI=1S/C9H13FN2/c1-9(2,3)12-8-6-7(10)4-5-11-8/h4-6H,1-3H3,(H,11,12). The van der Waals surface area contributed by atoms with Crippen LogP contribution in [0.3, 0.4) is 0 Å². The number of aromatic nitrogens is 1. The van der Waals surface area contributed by atoms with Crippen LogP contribution in [0, 0.1) is 5.82 Å². The van der Waals surface area contributed by atoms with Gasteiger partial charge in [0.25, 0.3) is 0 Å². The molecule has 1 aromatic heterocycles. The lowest BCUT2D eigenvalue weighted by Gasteiger charge is -2.20. The lowest BCUT2D eigenvalue weighted by molar-refractivity contribution is 0.613. The van der Waals surface area contributed by atoms with Gasteiger partial charge in [-0.3, -0.25) is 0 Å². The first-order chi connectivity index (χ1) is 5.47. The first kappa shape index (κ1) is 8.97. The fraction of sp³-hybridized carbons (Fsp3) is 0.444. The molecule has 0 aromatic carbocycles. The number of hydrogen-bond acceptors (Lipinski definition) is 2. The SMILES string of the molecule is CC(C)(C)Nc1cc(F)ccn1. The summed E-state index contributed by atoms with van der Waals surface area (Å²) in [6.45, 7) is 6.00. The Labute approximate surface area is 71.8 Å². The molecule has 1 aromatic rings. The van der Waals surface area contributed by atoms with Crippen LogP contribution in [0.15, 0.2) is 18.3 Å². The molecule has 2 nitrogen and oxygen atoms in total. The van der Waals surface area contributed by atoms with Crippen LogP contribution in [0.5, 0.6) is 0 Å². The van der Waals surface area contributed by atoms with E-state index < -0.39 is 0 Å². The summed E-state index contributed by atoms with van der Waals surface area (Å²) in [5.74, 6) is 0.305. The van der Waals surface area contributed by atoms with Gasteiger partial charge in [0.15, 0.2) is 0 Å². The van der Waals surface area contributed by atoms with Crippen molar-refractivity contribution < 1.29 is 4.39 Å². The minimum Gasteiger partial charge on any atom is -0.365 e. The zero-order chi connectivity index (χ0) is 9.19. The van der Waals surface area contributed by atoms with Crippen molar-refractivity contribution in [1.29, 1.82) is 0 Å². The molecule has 0 aliphatic heterocycles. The van der Waals surface area contributed by atoms with E-state index in [0.717, 1.165) is 0 Å². The Balaban J connectivity index is 2.77. The number of nitrogens with zero attached hydrogens (tertiary/aromatic N) is 1. The summed E-state index contributed by atoms with van der Waals surface area (Å²) in [4.78, 5) is 3.97. The van der Waals surface area contributed by atoms with E-state index in [1.54, 1.807) is 0 Å². The van der Waals surface area contributed by atoms with Gasteiger partial charge in [0.2, 0.25) is 0 Å². The zero-order valence-corrected chi connectivity index (χ0v) is 7.56. The molecule has 0 atom stereocenters. The van der Waals surface area contributed by atoms with Crippen LogP contribution in [-0.4, -0.2) is 10.5 Å². The second kappa shape index (κ2) is 3.09. The fourth-order valence-corrected chi connectivity index (χ4v) is 0.857. The second-order valence-corrected chi connectivity index (χ2v) is 3.73. The average Bonchev–Trinajstić information content (AvgIpc) is 1.82. The lowest BCUT2D eigenvalue weighted by atomic mass is 10.1. The molecule has 0 saturated carbocycles. The molecule has 0 aliphatic rings. The Morgan fingerprint density at radius 2 is 2.08 bits per heavy atom. The molecule has 0 spiro atoms. The predicted molar refractivity (Wildman–Crippen MR) is 47.6 cm³/mol. The third-order valence-corrected chi connectivity index (χ3v) is 1.23. The van der Waals surface area contributed by atoms with Gasteiger partial charge in [-0.1, -0.05) is 0 Å². The molecule has 0 fully saturated rings. The quantitative estimate of drug-likeness (QED) is 0.696. The molecule has 66 valence electrons. The van der Waals surface area contributed by atoms with E-state index >= 15 is 0 Å². The van der Waals surface area contributed by atoms with Crippen LogP contribution in [0.25, 0.3) is 0 Å². The van der Waals surface area contributed by atoms with Crippen LogP contribution in [0.1, 0.15) is 20.8 Å². The molecular weight excluding hydrogens is 155 g/mol. The Morgan fingerprint density at radius 3 is 2.58 bits per heavy atom. The topological polar surface area (TPSA) is 24.9 Å². The summed E-state index contributed by atoms with van der Waals surface area (Å²) >= 11 is 0. The maximum atomic E-state index is 12.7. The average molecular weight is 168 g/mol. The monoisotopic (exact) mass is 168 g/mol. The van der Waals surface area contributed by atoms with Crippen molar-refractivity contribution in [3.63, 3.8) is 0 Å². The minimum atomic E-state index is -0.267. The molecular formula is C9H13FN2. The van der Waals surface area contributed by atoms with E-state index in [1.165, 1.54) is 18.3 Å². The normalized spacial score (nSPS) is 11.3. The maximum Gasteiger partial charge on any atom is 0.129 e. The molecule has 0 saturated heterocycles. The summed E-state index contributed by atoms with van der Waals surface area (Å²) in [5.41, 5.74) is -0.0825. The number of halogens is 1. The van der Waals surface area contributed by atoms with Gasteiger partial charge in [0.1, 0.15) is 11.6 Å². The van der Waals surface area contributed by atoms with E-state index in [0.29, 0.717) is 5.82 Å². The Kier molecular flexibility index (Phi) is 2.31. The number of hydrogen-bond donors (Lipinski definition) is 1. The summed E-state index contributed by atoms with van der Waals surface area (Å²) in [6, 6.07) is 2.71. The molecule has 0 amide bonds. The summed E-state index contributed by atoms with van der Waals surface area (Å²) in [5, 5.41) is 3.07. The van der Waals surface area contributed by atoms with Crippen molar-refractivity contribution in [1.82, 2.24) is 4.98 Å². The van der Waals surface area contributed by atoms with Crippen molar-refractivity contribution in [3.8, 4) is 0 Å². The number of nitrogens with one attached hydrogen (secondary N) is 1. The third kappa shape index (κ3) is 2.86. The molecule has 0 radical (unpaired) electrons. The highest BCUT2D eigenvalue weighted by molar-refractivity contribution is 5.36. The van der Waals surface area contributed by atoms with Crippen molar-refractivity contribution in [3.05, 3.63) is 24.1 Å². The van der Waals surface area contributed by atoms with Crippen molar-refractivity contribution in [2.45, 2.75) is 26.3 Å². The number of pyridine rings is 1. The zero-order valence-electron chi connectivity index (χ0n) is 7.56. The molecule has 0 bridgehead atoms. The van der Waals surface area contributed by atoms with Gasteiger partial charge in [-0.05, 0) is 26.8 Å². The van der Waals surface area contributed by atoms with Crippen LogP contribution in [-0.2, 0) is 0 Å². The lowest BCUT2D eigenvalue weighted by Crippen LogP contribution is -2.26. The number of anilines is 1. The summed E-state index contributed by atoms with van der Waals surface area (Å²) < 4.78 is 12.7. The maximum absolute atomic E-state index is 12.7. The van der Waals surface area contributed by atoms with Crippen LogP contribution < -0.4 is 5.32 Å². The Bertz CT molecular complexity index is 265. The molecule has 3 heteroatoms. The van der Waals surface area contributed by atoms with Crippen LogP contribution >= 0.6 is 0 Å². The van der Waals surface area contributed by atoms with E-state index in [9.17, 15) is 4.39 Å². The van der Waals surface area contributed by atoms with E-state index in [2.05, 4.69) is 10.3 Å². The molecule has 0 unspecified atom stereocenters. The highest BCUT2D eigenvalue weighted by atomic mass is 19.1. The highest BCUT2D eigenvalue weighted by Gasteiger charge is 2.09. The van der Waals surface area contributed by atoms with Crippen LogP contribution in [0.2, 0.25) is 0 Å². The van der Waals surface area contributed by atoms with Gasteiger partial charge >= 0.3 is 0 Å². The van der Waals surface area contributed by atoms with Gasteiger partial charge in [-0.25, -0.2) is 9.37 Å². The Morgan fingerprint density at radius 1 is 1.42 bits per heavy atom. The van der Waals surface area contributed by atoms with Gasteiger partial charge in [0.05, 0.1) is 0 Å². The summed E-state index contributed by atoms with van der Waals surface area (Å²) in [6.07, 6.45) is 1.45. The van der Waals surface area contributed by atoms with Gasteiger partial charge in [0, 0.05) is 17.8 Å². The van der Waals surface area contributed by atoms with Crippen molar-refractivity contribution in [2.24, 2.45) is 0 Å². The first-order valence-electron chi connectivity index (χ1n) is 3.87. The van der Waals surface area contributed by atoms with Gasteiger partial charge < -0.3 is 5.32 Å². The van der Waals surface area contributed by atoms with E-state index in [1.807, 2.05) is 20.8 Å². The van der Waals surface area contributed by atoms with Crippen molar-refractivity contribution >= 4 is 5.82 Å². The van der Waals surface area contributed by atoms with Gasteiger partial charge in [-0.2, -0.15) is 0 Å². The first-order valence-corrected chi connectivity index (χ1v) is 3.87. The molecule has 1 rings (SSSR count). The second-order valence-electron chi connectivity index (χ2n) is 3.73. The predicted octanol–water partition coefficient (Wildman–Crippen LogP) is 2.43. The largest absolute Gasteiger partial charge is 0.365 e. The van der Waals surface area contributed by atoms with Crippen LogP contribution in [0.4, 0.5) is 10.2 Å². The Hall–Kier alpha value is -1.12. The fourth-order valence-electron chi connectivity index (χ4n) is 0.857. The summed E-state index contributed by atoms with van der Waals surface area (Å²) in [7, 11) is 0. The smallest absolute Gasteiger partial charge is 0.129 e. The molecule has 0 aliphatic carbocycles. The molecule has 1 N–H and O–H groups in total.